The van der Waals surface area contributed by atoms with E-state index in [4.69, 9.17) is 4.42 Å². The number of pyridine rings is 1. The molecule has 4 aromatic rings. The van der Waals surface area contributed by atoms with E-state index in [0.29, 0.717) is 24.2 Å². The first kappa shape index (κ1) is 19.5. The standard InChI is InChI=1S/C24H24N4O3/c1-17(28-20-9-2-3-10-21(20)31-24(28)30)23(29)27-14-12-26(13-15-27)16-19-7-4-6-18-8-5-11-25-22(18)19/h2-11,17H,12-16H2,1H3. The predicted molar refractivity (Wildman–Crippen MR) is 119 cm³/mol. The Hall–Kier alpha value is -3.45. The van der Waals surface area contributed by atoms with E-state index in [0.717, 1.165) is 30.5 Å². The second-order valence-corrected chi connectivity index (χ2v) is 7.98. The van der Waals surface area contributed by atoms with Gasteiger partial charge >= 0.3 is 5.76 Å². The quantitative estimate of drug-likeness (QED) is 0.511. The number of nitrogens with zero attached hydrogens (tertiary/aromatic N) is 4. The van der Waals surface area contributed by atoms with Gasteiger partial charge in [-0.1, -0.05) is 36.4 Å². The first-order valence-corrected chi connectivity index (χ1v) is 10.6. The summed E-state index contributed by atoms with van der Waals surface area (Å²) in [6, 6.07) is 16.9. The molecule has 1 amide bonds. The monoisotopic (exact) mass is 416 g/mol. The van der Waals surface area contributed by atoms with Crippen LogP contribution in [-0.2, 0) is 11.3 Å². The normalized spacial score (nSPS) is 16.1. The topological polar surface area (TPSA) is 71.6 Å². The fraction of sp³-hybridized carbons (Fsp3) is 0.292. The Morgan fingerprint density at radius 2 is 1.81 bits per heavy atom. The van der Waals surface area contributed by atoms with Gasteiger partial charge in [-0.15, -0.1) is 0 Å². The number of amides is 1. The van der Waals surface area contributed by atoms with Gasteiger partial charge in [0.1, 0.15) is 6.04 Å². The molecule has 0 aliphatic carbocycles. The third kappa shape index (κ3) is 3.61. The summed E-state index contributed by atoms with van der Waals surface area (Å²) in [7, 11) is 0. The van der Waals surface area contributed by atoms with Crippen LogP contribution >= 0.6 is 0 Å². The SMILES string of the molecule is CC(C(=O)N1CCN(Cc2cccc3cccnc23)CC1)n1c(=O)oc2ccccc21. The molecule has 0 saturated carbocycles. The van der Waals surface area contributed by atoms with E-state index in [1.54, 1.807) is 19.1 Å². The molecule has 2 aromatic heterocycles. The molecule has 0 radical (unpaired) electrons. The number of hydrogen-bond donors (Lipinski definition) is 0. The number of carbonyl (C=O) groups excluding carboxylic acids is 1. The van der Waals surface area contributed by atoms with Gasteiger partial charge in [0.2, 0.25) is 5.91 Å². The van der Waals surface area contributed by atoms with Gasteiger partial charge in [0.25, 0.3) is 0 Å². The van der Waals surface area contributed by atoms with Crippen LogP contribution in [-0.4, -0.2) is 51.4 Å². The summed E-state index contributed by atoms with van der Waals surface area (Å²) in [5, 5.41) is 1.14. The smallest absolute Gasteiger partial charge is 0.408 e. The van der Waals surface area contributed by atoms with E-state index >= 15 is 0 Å². The average Bonchev–Trinajstić information content (AvgIpc) is 3.14. The van der Waals surface area contributed by atoms with Crippen LogP contribution in [0.2, 0.25) is 0 Å². The van der Waals surface area contributed by atoms with Gasteiger partial charge in [-0.3, -0.25) is 19.2 Å². The van der Waals surface area contributed by atoms with Gasteiger partial charge in [-0.05, 0) is 30.7 Å². The largest absolute Gasteiger partial charge is 0.420 e. The zero-order valence-corrected chi connectivity index (χ0v) is 17.4. The van der Waals surface area contributed by atoms with E-state index in [1.807, 2.05) is 29.3 Å². The van der Waals surface area contributed by atoms with E-state index in [-0.39, 0.29) is 5.91 Å². The maximum atomic E-state index is 13.1. The lowest BCUT2D eigenvalue weighted by atomic mass is 10.1. The number of fused-ring (bicyclic) bond motifs is 2. The van der Waals surface area contributed by atoms with Crippen molar-refractivity contribution in [2.24, 2.45) is 0 Å². The molecule has 7 nitrogen and oxygen atoms in total. The summed E-state index contributed by atoms with van der Waals surface area (Å²) < 4.78 is 6.75. The van der Waals surface area contributed by atoms with E-state index in [9.17, 15) is 9.59 Å². The third-order valence-corrected chi connectivity index (χ3v) is 6.06. The Morgan fingerprint density at radius 3 is 2.65 bits per heavy atom. The van der Waals surface area contributed by atoms with E-state index in [1.165, 1.54) is 10.1 Å². The van der Waals surface area contributed by atoms with Gasteiger partial charge in [0, 0.05) is 44.3 Å². The Morgan fingerprint density at radius 1 is 1.03 bits per heavy atom. The van der Waals surface area contributed by atoms with Crippen LogP contribution in [0, 0.1) is 0 Å². The van der Waals surface area contributed by atoms with Gasteiger partial charge < -0.3 is 9.32 Å². The summed E-state index contributed by atoms with van der Waals surface area (Å²) in [5.41, 5.74) is 3.38. The maximum absolute atomic E-state index is 13.1. The second-order valence-electron chi connectivity index (χ2n) is 7.98. The number of aromatic nitrogens is 2. The molecule has 1 aliphatic rings. The molecular formula is C24H24N4O3. The predicted octanol–water partition coefficient (Wildman–Crippen LogP) is 3.05. The highest BCUT2D eigenvalue weighted by Gasteiger charge is 2.28. The molecule has 158 valence electrons. The molecule has 0 N–H and O–H groups in total. The molecular weight excluding hydrogens is 392 g/mol. The number of benzene rings is 2. The number of rotatable bonds is 4. The summed E-state index contributed by atoms with van der Waals surface area (Å²) in [6.07, 6.45) is 1.82. The number of hydrogen-bond acceptors (Lipinski definition) is 5. The molecule has 7 heteroatoms. The Bertz CT molecular complexity index is 1300. The average molecular weight is 416 g/mol. The molecule has 0 bridgehead atoms. The van der Waals surface area contributed by atoms with Crippen molar-refractivity contribution >= 4 is 27.9 Å². The summed E-state index contributed by atoms with van der Waals surface area (Å²) in [5.74, 6) is -0.552. The Labute approximate surface area is 179 Å². The summed E-state index contributed by atoms with van der Waals surface area (Å²) in [6.45, 7) is 5.39. The fourth-order valence-electron chi connectivity index (χ4n) is 4.39. The van der Waals surface area contributed by atoms with Gasteiger partial charge in [-0.2, -0.15) is 0 Å². The lowest BCUT2D eigenvalue weighted by Crippen LogP contribution is -2.50. The minimum Gasteiger partial charge on any atom is -0.408 e. The zero-order valence-electron chi connectivity index (χ0n) is 17.4. The van der Waals surface area contributed by atoms with Gasteiger partial charge in [0.05, 0.1) is 11.0 Å². The minimum absolute atomic E-state index is 0.0554. The Kier molecular flexibility index (Phi) is 5.03. The molecule has 3 heterocycles. The lowest BCUT2D eigenvalue weighted by Gasteiger charge is -2.36. The minimum atomic E-state index is -0.607. The highest BCUT2D eigenvalue weighted by atomic mass is 16.4. The van der Waals surface area contributed by atoms with Crippen molar-refractivity contribution < 1.29 is 9.21 Å². The maximum Gasteiger partial charge on any atom is 0.420 e. The number of para-hydroxylation sites is 3. The highest BCUT2D eigenvalue weighted by molar-refractivity contribution is 5.83. The number of oxazole rings is 1. The third-order valence-electron chi connectivity index (χ3n) is 6.06. The number of piperazine rings is 1. The molecule has 2 aromatic carbocycles. The molecule has 31 heavy (non-hydrogen) atoms. The van der Waals surface area contributed by atoms with Crippen molar-refractivity contribution in [3.8, 4) is 0 Å². The molecule has 1 saturated heterocycles. The van der Waals surface area contributed by atoms with E-state index < -0.39 is 11.8 Å². The second kappa shape index (κ2) is 8.00. The van der Waals surface area contributed by atoms with Crippen LogP contribution in [0.1, 0.15) is 18.5 Å². The molecule has 0 spiro atoms. The summed E-state index contributed by atoms with van der Waals surface area (Å²) >= 11 is 0. The molecule has 1 atom stereocenters. The van der Waals surface area contributed by atoms with Crippen LogP contribution in [0.15, 0.2) is 70.0 Å². The summed E-state index contributed by atoms with van der Waals surface area (Å²) in [4.78, 5) is 34.2. The molecule has 1 aliphatic heterocycles. The van der Waals surface area contributed by atoms with Crippen molar-refractivity contribution in [3.05, 3.63) is 76.9 Å². The van der Waals surface area contributed by atoms with Crippen LogP contribution in [0.3, 0.4) is 0 Å². The van der Waals surface area contributed by atoms with Crippen molar-refractivity contribution in [3.63, 3.8) is 0 Å². The van der Waals surface area contributed by atoms with Crippen LogP contribution in [0.5, 0.6) is 0 Å². The van der Waals surface area contributed by atoms with Gasteiger partial charge in [-0.25, -0.2) is 4.79 Å². The van der Waals surface area contributed by atoms with Crippen LogP contribution < -0.4 is 5.76 Å². The zero-order chi connectivity index (χ0) is 21.4. The van der Waals surface area contributed by atoms with Gasteiger partial charge in [0.15, 0.2) is 5.58 Å². The fourth-order valence-corrected chi connectivity index (χ4v) is 4.39. The van der Waals surface area contributed by atoms with Crippen molar-refractivity contribution in [1.29, 1.82) is 0 Å². The highest BCUT2D eigenvalue weighted by Crippen LogP contribution is 2.21. The molecule has 5 rings (SSSR count). The van der Waals surface area contributed by atoms with Crippen molar-refractivity contribution in [2.45, 2.75) is 19.5 Å². The first-order valence-electron chi connectivity index (χ1n) is 10.6. The van der Waals surface area contributed by atoms with Crippen molar-refractivity contribution in [1.82, 2.24) is 19.4 Å². The van der Waals surface area contributed by atoms with Crippen LogP contribution in [0.4, 0.5) is 0 Å². The van der Waals surface area contributed by atoms with Crippen LogP contribution in [0.25, 0.3) is 22.0 Å². The molecule has 1 unspecified atom stereocenters. The molecule has 1 fully saturated rings. The lowest BCUT2D eigenvalue weighted by molar-refractivity contribution is -0.136. The number of carbonyl (C=O) groups is 1. The Balaban J connectivity index is 1.27. The van der Waals surface area contributed by atoms with Crippen molar-refractivity contribution in [2.75, 3.05) is 26.2 Å². The first-order chi connectivity index (χ1) is 15.1. The van der Waals surface area contributed by atoms with E-state index in [2.05, 4.69) is 34.1 Å².